The first kappa shape index (κ1) is 15.6. The highest BCUT2D eigenvalue weighted by molar-refractivity contribution is 7.11. The molecule has 1 aromatic rings. The molecule has 0 fully saturated rings. The predicted molar refractivity (Wildman–Crippen MR) is 80.3 cm³/mol. The van der Waals surface area contributed by atoms with Crippen molar-refractivity contribution < 1.29 is 0 Å². The van der Waals surface area contributed by atoms with E-state index in [1.54, 1.807) is 11.3 Å². The zero-order valence-corrected chi connectivity index (χ0v) is 13.4. The molecule has 1 N–H and O–H groups in total. The highest BCUT2D eigenvalue weighted by Gasteiger charge is 2.12. The van der Waals surface area contributed by atoms with Crippen LogP contribution in [0.25, 0.3) is 0 Å². The van der Waals surface area contributed by atoms with Gasteiger partial charge in [-0.25, -0.2) is 4.98 Å². The lowest BCUT2D eigenvalue weighted by Gasteiger charge is -2.30. The van der Waals surface area contributed by atoms with E-state index in [-0.39, 0.29) is 0 Å². The molecule has 18 heavy (non-hydrogen) atoms. The van der Waals surface area contributed by atoms with E-state index in [1.165, 1.54) is 10.6 Å². The molecule has 0 saturated carbocycles. The molecule has 0 aliphatic heterocycles. The Morgan fingerprint density at radius 2 is 1.78 bits per heavy atom. The average Bonchev–Trinajstić information content (AvgIpc) is 2.56. The number of aryl methyl sites for hydroxylation is 2. The number of hydrogen-bond acceptors (Lipinski definition) is 4. The molecule has 0 atom stereocenters. The highest BCUT2D eigenvalue weighted by Crippen LogP contribution is 2.16. The average molecular weight is 269 g/mol. The monoisotopic (exact) mass is 269 g/mol. The first-order valence-corrected chi connectivity index (χ1v) is 7.62. The third-order valence-electron chi connectivity index (χ3n) is 3.16. The van der Waals surface area contributed by atoms with Crippen LogP contribution in [0.1, 0.15) is 43.3 Å². The Bertz CT molecular complexity index is 350. The number of hydrogen-bond donors (Lipinski definition) is 1. The molecule has 4 heteroatoms. The Morgan fingerprint density at radius 1 is 1.17 bits per heavy atom. The van der Waals surface area contributed by atoms with Crippen LogP contribution in [0.2, 0.25) is 0 Å². The molecule has 0 aromatic carbocycles. The molecular weight excluding hydrogens is 242 g/mol. The molecule has 1 heterocycles. The van der Waals surface area contributed by atoms with Gasteiger partial charge in [-0.15, -0.1) is 11.3 Å². The Balaban J connectivity index is 2.32. The van der Waals surface area contributed by atoms with Gasteiger partial charge in [-0.1, -0.05) is 0 Å². The smallest absolute Gasteiger partial charge is 0.0900 e. The summed E-state index contributed by atoms with van der Waals surface area (Å²) >= 11 is 1.80. The quantitative estimate of drug-likeness (QED) is 0.771. The van der Waals surface area contributed by atoms with Gasteiger partial charge in [0.1, 0.15) is 0 Å². The van der Waals surface area contributed by atoms with Gasteiger partial charge in [-0.05, 0) is 41.5 Å². The second kappa shape index (κ2) is 7.22. The number of nitrogens with zero attached hydrogens (tertiary/aromatic N) is 2. The molecule has 1 aromatic heterocycles. The van der Waals surface area contributed by atoms with E-state index in [1.807, 2.05) is 0 Å². The van der Waals surface area contributed by atoms with Crippen molar-refractivity contribution in [3.05, 3.63) is 15.6 Å². The lowest BCUT2D eigenvalue weighted by atomic mass is 10.2. The summed E-state index contributed by atoms with van der Waals surface area (Å²) in [7, 11) is 0. The zero-order valence-electron chi connectivity index (χ0n) is 12.6. The van der Waals surface area contributed by atoms with Crippen LogP contribution in [0, 0.1) is 13.8 Å². The fourth-order valence-corrected chi connectivity index (χ4v) is 3.17. The fourth-order valence-electron chi connectivity index (χ4n) is 2.26. The maximum atomic E-state index is 4.45. The van der Waals surface area contributed by atoms with Gasteiger partial charge in [0.15, 0.2) is 0 Å². The summed E-state index contributed by atoms with van der Waals surface area (Å²) in [5.41, 5.74) is 1.18. The van der Waals surface area contributed by atoms with Crippen molar-refractivity contribution in [2.45, 2.75) is 60.2 Å². The number of rotatable bonds is 7. The van der Waals surface area contributed by atoms with Gasteiger partial charge in [-0.2, -0.15) is 0 Å². The van der Waals surface area contributed by atoms with Crippen molar-refractivity contribution in [1.29, 1.82) is 0 Å². The van der Waals surface area contributed by atoms with Gasteiger partial charge in [0.05, 0.1) is 10.7 Å². The second-order valence-corrected chi connectivity index (χ2v) is 6.63. The third-order valence-corrected chi connectivity index (χ3v) is 4.23. The van der Waals surface area contributed by atoms with Crippen molar-refractivity contribution >= 4 is 11.3 Å². The summed E-state index contributed by atoms with van der Waals surface area (Å²) in [4.78, 5) is 8.33. The van der Waals surface area contributed by atoms with E-state index in [4.69, 9.17) is 0 Å². The first-order valence-electron chi connectivity index (χ1n) is 6.81. The molecule has 0 radical (unpaired) electrons. The zero-order chi connectivity index (χ0) is 13.7. The molecule has 0 aliphatic rings. The molecule has 0 unspecified atom stereocenters. The van der Waals surface area contributed by atoms with Gasteiger partial charge >= 0.3 is 0 Å². The van der Waals surface area contributed by atoms with Crippen LogP contribution < -0.4 is 5.32 Å². The van der Waals surface area contributed by atoms with Crippen molar-refractivity contribution in [1.82, 2.24) is 15.2 Å². The Kier molecular flexibility index (Phi) is 6.26. The van der Waals surface area contributed by atoms with Crippen LogP contribution >= 0.6 is 11.3 Å². The second-order valence-electron chi connectivity index (χ2n) is 5.34. The summed E-state index contributed by atoms with van der Waals surface area (Å²) in [5, 5.41) is 4.69. The summed E-state index contributed by atoms with van der Waals surface area (Å²) in [5.74, 6) is 0. The van der Waals surface area contributed by atoms with E-state index in [0.717, 1.165) is 24.6 Å². The van der Waals surface area contributed by atoms with Crippen LogP contribution in [-0.2, 0) is 6.54 Å². The molecule has 3 nitrogen and oxygen atoms in total. The molecule has 0 saturated heterocycles. The van der Waals surface area contributed by atoms with Crippen molar-refractivity contribution in [3.8, 4) is 0 Å². The van der Waals surface area contributed by atoms with E-state index in [9.17, 15) is 0 Å². The minimum atomic E-state index is 0.610. The predicted octanol–water partition coefficient (Wildman–Crippen LogP) is 2.97. The summed E-state index contributed by atoms with van der Waals surface area (Å²) in [6, 6.07) is 1.22. The molecular formula is C14H27N3S. The molecule has 1 rings (SSSR count). The maximum absolute atomic E-state index is 4.45. The van der Waals surface area contributed by atoms with Crippen LogP contribution in [0.4, 0.5) is 0 Å². The topological polar surface area (TPSA) is 28.2 Å². The molecule has 0 spiro atoms. The first-order chi connectivity index (χ1) is 8.41. The van der Waals surface area contributed by atoms with E-state index >= 15 is 0 Å². The number of thiazole rings is 1. The lowest BCUT2D eigenvalue weighted by molar-refractivity contribution is 0.176. The number of nitrogens with one attached hydrogen (secondary N) is 1. The molecule has 0 bridgehead atoms. The number of aromatic nitrogens is 1. The minimum Gasteiger partial charge on any atom is -0.311 e. The van der Waals surface area contributed by atoms with Crippen molar-refractivity contribution in [3.63, 3.8) is 0 Å². The van der Waals surface area contributed by atoms with Crippen molar-refractivity contribution in [2.24, 2.45) is 0 Å². The lowest BCUT2D eigenvalue weighted by Crippen LogP contribution is -2.41. The van der Waals surface area contributed by atoms with E-state index in [2.05, 4.69) is 56.7 Å². The van der Waals surface area contributed by atoms with Gasteiger partial charge in [0.25, 0.3) is 0 Å². The summed E-state index contributed by atoms with van der Waals surface area (Å²) < 4.78 is 0. The van der Waals surface area contributed by atoms with Crippen LogP contribution in [-0.4, -0.2) is 35.1 Å². The Hall–Kier alpha value is -0.450. The summed E-state index contributed by atoms with van der Waals surface area (Å²) in [6.45, 7) is 16.3. The Labute approximate surface area is 116 Å². The van der Waals surface area contributed by atoms with Gasteiger partial charge in [0.2, 0.25) is 0 Å². The molecule has 0 aliphatic carbocycles. The minimum absolute atomic E-state index is 0.610. The van der Waals surface area contributed by atoms with Gasteiger partial charge < -0.3 is 5.32 Å². The van der Waals surface area contributed by atoms with Gasteiger partial charge in [0, 0.05) is 36.6 Å². The van der Waals surface area contributed by atoms with Crippen LogP contribution in [0.3, 0.4) is 0 Å². The van der Waals surface area contributed by atoms with Crippen LogP contribution in [0.15, 0.2) is 0 Å². The third kappa shape index (κ3) is 4.67. The standard InChI is InChI=1S/C14H27N3S/c1-10(2)17(11(3)4)8-7-15-9-14-12(5)16-13(6)18-14/h10-11,15H,7-9H2,1-6H3. The molecule has 104 valence electrons. The van der Waals surface area contributed by atoms with Gasteiger partial charge in [-0.3, -0.25) is 4.90 Å². The normalized spacial score (nSPS) is 12.1. The van der Waals surface area contributed by atoms with E-state index in [0.29, 0.717) is 12.1 Å². The fraction of sp³-hybridized carbons (Fsp3) is 0.786. The largest absolute Gasteiger partial charge is 0.311 e. The SMILES string of the molecule is Cc1nc(C)c(CNCCN(C(C)C)C(C)C)s1. The van der Waals surface area contributed by atoms with Crippen molar-refractivity contribution in [2.75, 3.05) is 13.1 Å². The highest BCUT2D eigenvalue weighted by atomic mass is 32.1. The summed E-state index contributed by atoms with van der Waals surface area (Å²) in [6.07, 6.45) is 0. The van der Waals surface area contributed by atoms with E-state index < -0.39 is 0 Å². The molecule has 0 amide bonds. The Morgan fingerprint density at radius 3 is 2.22 bits per heavy atom. The maximum Gasteiger partial charge on any atom is 0.0900 e. The van der Waals surface area contributed by atoms with Crippen LogP contribution in [0.5, 0.6) is 0 Å².